The highest BCUT2D eigenvalue weighted by Crippen LogP contribution is 2.18. The van der Waals surface area contributed by atoms with Crippen molar-refractivity contribution in [2.45, 2.75) is 12.5 Å². The second-order valence-electron chi connectivity index (χ2n) is 2.78. The highest BCUT2D eigenvalue weighted by molar-refractivity contribution is 5.85. The van der Waals surface area contributed by atoms with E-state index in [9.17, 15) is 8.78 Å². The molecule has 80 valence electrons. The number of nitrogens with two attached hydrogens (primary N) is 1. The Hall–Kier alpha value is -0.710. The van der Waals surface area contributed by atoms with Crippen molar-refractivity contribution >= 4 is 12.4 Å². The molecule has 5 heteroatoms. The molecule has 0 fully saturated rings. The highest BCUT2D eigenvalue weighted by atomic mass is 35.5. The Bertz CT molecular complexity index is 296. The third-order valence-electron chi connectivity index (χ3n) is 1.80. The lowest BCUT2D eigenvalue weighted by Gasteiger charge is -2.10. The number of rotatable bonds is 3. The average Bonchev–Trinajstić information content (AvgIpc) is 2.09. The molecule has 1 rings (SSSR count). The number of aliphatic hydroxyl groups excluding tert-OH is 1. The Morgan fingerprint density at radius 2 is 2.00 bits per heavy atom. The van der Waals surface area contributed by atoms with Crippen LogP contribution in [0.3, 0.4) is 0 Å². The minimum absolute atomic E-state index is 0. The van der Waals surface area contributed by atoms with E-state index < -0.39 is 17.7 Å². The van der Waals surface area contributed by atoms with Gasteiger partial charge in [-0.2, -0.15) is 0 Å². The minimum Gasteiger partial charge on any atom is -0.396 e. The molecule has 14 heavy (non-hydrogen) atoms. The Morgan fingerprint density at radius 3 is 2.57 bits per heavy atom. The molecule has 0 saturated heterocycles. The fourth-order valence-electron chi connectivity index (χ4n) is 1.09. The molecule has 0 spiro atoms. The van der Waals surface area contributed by atoms with Gasteiger partial charge in [0.25, 0.3) is 0 Å². The summed E-state index contributed by atoms with van der Waals surface area (Å²) in [5.41, 5.74) is 5.61. The van der Waals surface area contributed by atoms with E-state index in [2.05, 4.69) is 0 Å². The van der Waals surface area contributed by atoms with Crippen LogP contribution >= 0.6 is 12.4 Å². The number of halogens is 3. The monoisotopic (exact) mass is 223 g/mol. The molecule has 1 aromatic rings. The van der Waals surface area contributed by atoms with Crippen LogP contribution in [0.25, 0.3) is 0 Å². The molecule has 1 unspecified atom stereocenters. The van der Waals surface area contributed by atoms with E-state index in [4.69, 9.17) is 10.8 Å². The Labute approximate surface area is 87.1 Å². The van der Waals surface area contributed by atoms with Gasteiger partial charge in [-0.1, -0.05) is 0 Å². The molecule has 0 saturated carbocycles. The van der Waals surface area contributed by atoms with E-state index in [-0.39, 0.29) is 31.0 Å². The normalized spacial score (nSPS) is 12.0. The van der Waals surface area contributed by atoms with Crippen LogP contribution in [0.2, 0.25) is 0 Å². The molecule has 0 aromatic heterocycles. The molecule has 0 amide bonds. The number of aliphatic hydroxyl groups is 1. The van der Waals surface area contributed by atoms with Crippen LogP contribution in [-0.4, -0.2) is 11.7 Å². The molecule has 3 N–H and O–H groups in total. The Kier molecular flexibility index (Phi) is 5.60. The van der Waals surface area contributed by atoms with E-state index >= 15 is 0 Å². The van der Waals surface area contributed by atoms with Crippen molar-refractivity contribution in [1.82, 2.24) is 0 Å². The van der Waals surface area contributed by atoms with Crippen LogP contribution in [0, 0.1) is 11.6 Å². The van der Waals surface area contributed by atoms with Crippen LogP contribution in [0.4, 0.5) is 8.78 Å². The van der Waals surface area contributed by atoms with Crippen molar-refractivity contribution in [3.63, 3.8) is 0 Å². The second-order valence-corrected chi connectivity index (χ2v) is 2.78. The van der Waals surface area contributed by atoms with Gasteiger partial charge in [-0.15, -0.1) is 12.4 Å². The van der Waals surface area contributed by atoms with Gasteiger partial charge in [0.2, 0.25) is 0 Å². The van der Waals surface area contributed by atoms with Gasteiger partial charge in [0.15, 0.2) is 0 Å². The van der Waals surface area contributed by atoms with Crippen molar-refractivity contribution in [3.05, 3.63) is 35.4 Å². The maximum atomic E-state index is 13.0. The molecule has 0 aliphatic rings. The lowest BCUT2D eigenvalue weighted by molar-refractivity contribution is 0.275. The van der Waals surface area contributed by atoms with Gasteiger partial charge in [-0.05, 0) is 24.6 Å². The van der Waals surface area contributed by atoms with Gasteiger partial charge in [-0.25, -0.2) is 8.78 Å². The van der Waals surface area contributed by atoms with Crippen LogP contribution in [0.15, 0.2) is 18.2 Å². The van der Waals surface area contributed by atoms with Crippen molar-refractivity contribution in [2.75, 3.05) is 6.61 Å². The van der Waals surface area contributed by atoms with Gasteiger partial charge < -0.3 is 10.8 Å². The van der Waals surface area contributed by atoms with Crippen LogP contribution in [-0.2, 0) is 0 Å². The quantitative estimate of drug-likeness (QED) is 0.821. The summed E-state index contributed by atoms with van der Waals surface area (Å²) >= 11 is 0. The van der Waals surface area contributed by atoms with Crippen LogP contribution < -0.4 is 5.73 Å². The molecule has 0 aliphatic carbocycles. The SMILES string of the molecule is Cl.NC(CCO)c1cc(F)ccc1F. The standard InChI is InChI=1S/C9H11F2NO.ClH/c10-6-1-2-8(11)7(5-6)9(12)3-4-13;/h1-2,5,9,13H,3-4,12H2;1H. The summed E-state index contributed by atoms with van der Waals surface area (Å²) in [5.74, 6) is -1.06. The predicted octanol–water partition coefficient (Wildman–Crippen LogP) is 1.77. The second kappa shape index (κ2) is 5.90. The van der Waals surface area contributed by atoms with E-state index in [0.29, 0.717) is 0 Å². The van der Waals surface area contributed by atoms with E-state index in [1.165, 1.54) is 0 Å². The molecular weight excluding hydrogens is 212 g/mol. The molecule has 0 bridgehead atoms. The summed E-state index contributed by atoms with van der Waals surface area (Å²) < 4.78 is 25.7. The van der Waals surface area contributed by atoms with Gasteiger partial charge in [0.1, 0.15) is 11.6 Å². The van der Waals surface area contributed by atoms with E-state index in [1.807, 2.05) is 0 Å². The molecule has 0 heterocycles. The van der Waals surface area contributed by atoms with Crippen LogP contribution in [0.5, 0.6) is 0 Å². The lowest BCUT2D eigenvalue weighted by atomic mass is 10.0. The first kappa shape index (κ1) is 13.3. The number of hydrogen-bond acceptors (Lipinski definition) is 2. The smallest absolute Gasteiger partial charge is 0.128 e. The summed E-state index contributed by atoms with van der Waals surface area (Å²) in [6.45, 7) is -0.142. The zero-order valence-corrected chi connectivity index (χ0v) is 8.23. The maximum absolute atomic E-state index is 13.0. The largest absolute Gasteiger partial charge is 0.396 e. The fraction of sp³-hybridized carbons (Fsp3) is 0.333. The first-order valence-corrected chi connectivity index (χ1v) is 3.96. The van der Waals surface area contributed by atoms with Crippen molar-refractivity contribution < 1.29 is 13.9 Å². The predicted molar refractivity (Wildman–Crippen MR) is 52.2 cm³/mol. The van der Waals surface area contributed by atoms with Gasteiger partial charge in [-0.3, -0.25) is 0 Å². The Balaban J connectivity index is 0.00000169. The number of hydrogen-bond donors (Lipinski definition) is 2. The highest BCUT2D eigenvalue weighted by Gasteiger charge is 2.11. The molecule has 1 atom stereocenters. The van der Waals surface area contributed by atoms with E-state index in [0.717, 1.165) is 18.2 Å². The first-order chi connectivity index (χ1) is 6.15. The number of benzene rings is 1. The third kappa shape index (κ3) is 3.21. The van der Waals surface area contributed by atoms with E-state index in [1.54, 1.807) is 0 Å². The molecule has 1 aromatic carbocycles. The molecule has 0 radical (unpaired) electrons. The van der Waals surface area contributed by atoms with Gasteiger partial charge >= 0.3 is 0 Å². The van der Waals surface area contributed by atoms with Crippen molar-refractivity contribution in [2.24, 2.45) is 5.73 Å². The topological polar surface area (TPSA) is 46.2 Å². The molecule has 0 aliphatic heterocycles. The summed E-state index contributed by atoms with van der Waals surface area (Å²) in [6, 6.07) is 2.46. The Morgan fingerprint density at radius 1 is 1.36 bits per heavy atom. The summed E-state index contributed by atoms with van der Waals surface area (Å²) in [5, 5.41) is 8.56. The summed E-state index contributed by atoms with van der Waals surface area (Å²) in [7, 11) is 0. The zero-order valence-electron chi connectivity index (χ0n) is 7.41. The molecular formula is C9H12ClF2NO. The van der Waals surface area contributed by atoms with Crippen molar-refractivity contribution in [3.8, 4) is 0 Å². The summed E-state index contributed by atoms with van der Waals surface area (Å²) in [4.78, 5) is 0. The maximum Gasteiger partial charge on any atom is 0.128 e. The van der Waals surface area contributed by atoms with Gasteiger partial charge in [0.05, 0.1) is 0 Å². The summed E-state index contributed by atoms with van der Waals surface area (Å²) in [6.07, 6.45) is 0.223. The van der Waals surface area contributed by atoms with Crippen LogP contribution in [0.1, 0.15) is 18.0 Å². The first-order valence-electron chi connectivity index (χ1n) is 3.96. The zero-order chi connectivity index (χ0) is 9.84. The van der Waals surface area contributed by atoms with Gasteiger partial charge in [0, 0.05) is 18.2 Å². The van der Waals surface area contributed by atoms with Crippen molar-refractivity contribution in [1.29, 1.82) is 0 Å². The third-order valence-corrected chi connectivity index (χ3v) is 1.80. The average molecular weight is 224 g/mol. The minimum atomic E-state index is -0.652. The molecule has 2 nitrogen and oxygen atoms in total. The lowest BCUT2D eigenvalue weighted by Crippen LogP contribution is -2.13. The fourth-order valence-corrected chi connectivity index (χ4v) is 1.09.